The van der Waals surface area contributed by atoms with Crippen LogP contribution >= 0.6 is 0 Å². The predicted molar refractivity (Wildman–Crippen MR) is 113 cm³/mol. The molecule has 0 atom stereocenters. The third-order valence-corrected chi connectivity index (χ3v) is 4.84. The van der Waals surface area contributed by atoms with E-state index in [2.05, 4.69) is 39.6 Å². The first-order chi connectivity index (χ1) is 14.3. The zero-order chi connectivity index (χ0) is 19.9. The predicted octanol–water partition coefficient (Wildman–Crippen LogP) is 4.37. The van der Waals surface area contributed by atoms with Crippen molar-refractivity contribution in [2.45, 2.75) is 25.7 Å². The van der Waals surface area contributed by atoms with E-state index in [9.17, 15) is 4.79 Å². The van der Waals surface area contributed by atoms with E-state index in [4.69, 9.17) is 4.42 Å². The van der Waals surface area contributed by atoms with Crippen LogP contribution in [0.2, 0.25) is 0 Å². The molecule has 0 bridgehead atoms. The van der Waals surface area contributed by atoms with Gasteiger partial charge < -0.3 is 9.73 Å². The Hall–Kier alpha value is -3.47. The molecule has 5 nitrogen and oxygen atoms in total. The van der Waals surface area contributed by atoms with Crippen LogP contribution in [0.4, 0.5) is 0 Å². The Balaban J connectivity index is 1.33. The van der Waals surface area contributed by atoms with E-state index in [1.54, 1.807) is 24.5 Å². The fourth-order valence-electron chi connectivity index (χ4n) is 3.28. The van der Waals surface area contributed by atoms with Gasteiger partial charge in [-0.3, -0.25) is 9.78 Å². The van der Waals surface area contributed by atoms with Crippen LogP contribution < -0.4 is 5.32 Å². The number of aryl methyl sites for hydroxylation is 2. The number of hydrogen-bond acceptors (Lipinski definition) is 4. The third kappa shape index (κ3) is 5.08. The first-order valence-electron chi connectivity index (χ1n) is 9.88. The van der Waals surface area contributed by atoms with Crippen molar-refractivity contribution in [1.29, 1.82) is 0 Å². The lowest BCUT2D eigenvalue weighted by atomic mass is 10.1. The molecule has 0 saturated carbocycles. The molecule has 1 amide bonds. The van der Waals surface area contributed by atoms with Gasteiger partial charge in [-0.25, -0.2) is 4.98 Å². The second-order valence-electron chi connectivity index (χ2n) is 6.99. The normalized spacial score (nSPS) is 10.9. The van der Waals surface area contributed by atoms with Gasteiger partial charge in [0.15, 0.2) is 11.5 Å². The highest BCUT2D eigenvalue weighted by Gasteiger charge is 2.10. The van der Waals surface area contributed by atoms with Crippen LogP contribution in [0.1, 0.15) is 33.8 Å². The second kappa shape index (κ2) is 9.15. The van der Waals surface area contributed by atoms with Gasteiger partial charge >= 0.3 is 0 Å². The van der Waals surface area contributed by atoms with Gasteiger partial charge in [-0.15, -0.1) is 0 Å². The molecule has 0 radical (unpaired) electrons. The highest BCUT2D eigenvalue weighted by Crippen LogP contribution is 2.19. The molecule has 2 heterocycles. The van der Waals surface area contributed by atoms with Crippen molar-refractivity contribution >= 4 is 17.0 Å². The number of hydrogen-bond donors (Lipinski definition) is 1. The summed E-state index contributed by atoms with van der Waals surface area (Å²) in [4.78, 5) is 21.0. The van der Waals surface area contributed by atoms with E-state index in [-0.39, 0.29) is 5.91 Å². The summed E-state index contributed by atoms with van der Waals surface area (Å²) < 4.78 is 5.83. The minimum Gasteiger partial charge on any atom is -0.441 e. The van der Waals surface area contributed by atoms with Crippen LogP contribution in [0, 0.1) is 0 Å². The molecule has 0 unspecified atom stereocenters. The quantitative estimate of drug-likeness (QED) is 0.489. The second-order valence-corrected chi connectivity index (χ2v) is 6.99. The Morgan fingerprint density at radius 1 is 0.897 bits per heavy atom. The lowest BCUT2D eigenvalue weighted by molar-refractivity contribution is 0.0954. The van der Waals surface area contributed by atoms with Gasteiger partial charge in [0.25, 0.3) is 5.91 Å². The summed E-state index contributed by atoms with van der Waals surface area (Å²) in [6.45, 7) is 0.574. The van der Waals surface area contributed by atoms with Crippen molar-refractivity contribution in [3.8, 4) is 0 Å². The summed E-state index contributed by atoms with van der Waals surface area (Å²) in [5.41, 5.74) is 4.49. The van der Waals surface area contributed by atoms with Gasteiger partial charge in [0.05, 0.1) is 0 Å². The average Bonchev–Trinajstić information content (AvgIpc) is 3.17. The van der Waals surface area contributed by atoms with Crippen molar-refractivity contribution in [1.82, 2.24) is 15.3 Å². The number of nitrogens with zero attached hydrogens (tertiary/aromatic N) is 2. The maximum Gasteiger partial charge on any atom is 0.251 e. The monoisotopic (exact) mass is 385 g/mol. The molecule has 29 heavy (non-hydrogen) atoms. The van der Waals surface area contributed by atoms with E-state index in [1.807, 2.05) is 24.3 Å². The number of carbonyl (C=O) groups excluding carboxylic acids is 1. The van der Waals surface area contributed by atoms with E-state index >= 15 is 0 Å². The van der Waals surface area contributed by atoms with Crippen molar-refractivity contribution in [3.05, 3.63) is 95.6 Å². The van der Waals surface area contributed by atoms with Crippen LogP contribution in [-0.2, 0) is 19.3 Å². The molecule has 0 aliphatic rings. The lowest BCUT2D eigenvalue weighted by Gasteiger charge is -2.05. The highest BCUT2D eigenvalue weighted by atomic mass is 16.3. The molecule has 0 saturated heterocycles. The number of carbonyl (C=O) groups is 1. The number of nitrogens with one attached hydrogen (secondary N) is 1. The summed E-state index contributed by atoms with van der Waals surface area (Å²) in [7, 11) is 0. The number of oxazole rings is 1. The molecule has 0 fully saturated rings. The molecule has 146 valence electrons. The fraction of sp³-hybridized carbons (Fsp3) is 0.208. The molecular weight excluding hydrogens is 362 g/mol. The van der Waals surface area contributed by atoms with Crippen LogP contribution in [0.15, 0.2) is 77.5 Å². The maximum atomic E-state index is 12.4. The largest absolute Gasteiger partial charge is 0.441 e. The highest BCUT2D eigenvalue weighted by molar-refractivity contribution is 5.97. The molecular formula is C24H23N3O2. The van der Waals surface area contributed by atoms with E-state index in [1.165, 1.54) is 5.56 Å². The van der Waals surface area contributed by atoms with Gasteiger partial charge in [0.1, 0.15) is 5.52 Å². The topological polar surface area (TPSA) is 68.0 Å². The molecule has 0 spiro atoms. The minimum absolute atomic E-state index is 0.102. The van der Waals surface area contributed by atoms with E-state index in [0.29, 0.717) is 23.6 Å². The van der Waals surface area contributed by atoms with Crippen molar-refractivity contribution in [3.63, 3.8) is 0 Å². The zero-order valence-electron chi connectivity index (χ0n) is 16.2. The van der Waals surface area contributed by atoms with Gasteiger partial charge in [0.2, 0.25) is 0 Å². The van der Waals surface area contributed by atoms with Gasteiger partial charge in [0, 0.05) is 30.9 Å². The molecule has 4 rings (SSSR count). The number of aromatic nitrogens is 2. The Bertz CT molecular complexity index is 1080. The van der Waals surface area contributed by atoms with Crippen LogP contribution in [0.25, 0.3) is 11.1 Å². The van der Waals surface area contributed by atoms with Crippen LogP contribution in [0.3, 0.4) is 0 Å². The summed E-state index contributed by atoms with van der Waals surface area (Å²) in [6.07, 6.45) is 7.02. The number of rotatable bonds is 8. The molecule has 2 aromatic heterocycles. The number of amides is 1. The molecule has 0 aliphatic carbocycles. The SMILES string of the molecule is O=C(NCCc1ccncc1)c1ccc2oc(CCCc3ccccc3)nc2c1. The van der Waals surface area contributed by atoms with Crippen LogP contribution in [0.5, 0.6) is 0 Å². The van der Waals surface area contributed by atoms with Crippen molar-refractivity contribution in [2.75, 3.05) is 6.54 Å². The first kappa shape index (κ1) is 18.9. The smallest absolute Gasteiger partial charge is 0.251 e. The van der Waals surface area contributed by atoms with Crippen molar-refractivity contribution < 1.29 is 9.21 Å². The number of fused-ring (bicyclic) bond motifs is 1. The Labute approximate surface area is 169 Å². The summed E-state index contributed by atoms with van der Waals surface area (Å²) in [5.74, 6) is 0.612. The minimum atomic E-state index is -0.102. The molecule has 1 N–H and O–H groups in total. The van der Waals surface area contributed by atoms with Crippen molar-refractivity contribution in [2.24, 2.45) is 0 Å². The van der Waals surface area contributed by atoms with Gasteiger partial charge in [-0.05, 0) is 60.7 Å². The molecule has 0 aliphatic heterocycles. The Morgan fingerprint density at radius 3 is 2.52 bits per heavy atom. The molecule has 5 heteroatoms. The fourth-order valence-corrected chi connectivity index (χ4v) is 3.28. The van der Waals surface area contributed by atoms with Gasteiger partial charge in [-0.2, -0.15) is 0 Å². The first-order valence-corrected chi connectivity index (χ1v) is 9.88. The Kier molecular flexibility index (Phi) is 5.95. The number of benzene rings is 2. The standard InChI is InChI=1S/C24H23N3O2/c28-24(26-16-13-19-11-14-25-15-12-19)20-9-10-22-21(17-20)27-23(29-22)8-4-7-18-5-2-1-3-6-18/h1-3,5-6,9-12,14-15,17H,4,7-8,13,16H2,(H,26,28). The number of pyridine rings is 1. The summed E-state index contributed by atoms with van der Waals surface area (Å²) in [6, 6.07) is 19.7. The summed E-state index contributed by atoms with van der Waals surface area (Å²) in [5, 5.41) is 2.95. The third-order valence-electron chi connectivity index (χ3n) is 4.84. The average molecular weight is 385 g/mol. The van der Waals surface area contributed by atoms with E-state index < -0.39 is 0 Å². The maximum absolute atomic E-state index is 12.4. The Morgan fingerprint density at radius 2 is 1.69 bits per heavy atom. The molecule has 2 aromatic carbocycles. The lowest BCUT2D eigenvalue weighted by Crippen LogP contribution is -2.25. The van der Waals surface area contributed by atoms with Crippen LogP contribution in [-0.4, -0.2) is 22.4 Å². The molecule has 4 aromatic rings. The zero-order valence-corrected chi connectivity index (χ0v) is 16.2. The van der Waals surface area contributed by atoms with Gasteiger partial charge in [-0.1, -0.05) is 30.3 Å². The van der Waals surface area contributed by atoms with E-state index in [0.717, 1.165) is 36.8 Å². The summed E-state index contributed by atoms with van der Waals surface area (Å²) >= 11 is 0.